The van der Waals surface area contributed by atoms with Gasteiger partial charge in [0.25, 0.3) is 0 Å². The average Bonchev–Trinajstić information content (AvgIpc) is 2.93. The van der Waals surface area contributed by atoms with Gasteiger partial charge in [0.1, 0.15) is 4.90 Å². The van der Waals surface area contributed by atoms with Crippen LogP contribution in [0.2, 0.25) is 0 Å². The minimum atomic E-state index is -3.54. The Balaban J connectivity index is 1.95. The quantitative estimate of drug-likeness (QED) is 0.809. The van der Waals surface area contributed by atoms with Crippen LogP contribution in [0.25, 0.3) is 0 Å². The molecule has 8 heteroatoms. The number of nitrogens with one attached hydrogen (secondary N) is 2. The molecule has 0 amide bonds. The molecule has 0 saturated heterocycles. The van der Waals surface area contributed by atoms with Crippen molar-refractivity contribution in [2.45, 2.75) is 18.2 Å². The van der Waals surface area contributed by atoms with Gasteiger partial charge < -0.3 is 5.32 Å². The minimum absolute atomic E-state index is 0.0744. The van der Waals surface area contributed by atoms with Gasteiger partial charge in [-0.05, 0) is 24.8 Å². The summed E-state index contributed by atoms with van der Waals surface area (Å²) >= 11 is 1.61. The van der Waals surface area contributed by atoms with Gasteiger partial charge in [-0.2, -0.15) is 0 Å². The van der Waals surface area contributed by atoms with E-state index in [0.29, 0.717) is 25.5 Å². The predicted molar refractivity (Wildman–Crippen MR) is 79.4 cm³/mol. The lowest BCUT2D eigenvalue weighted by Gasteiger charge is -2.06. The molecular weight excluding hydrogens is 296 g/mol. The lowest BCUT2D eigenvalue weighted by molar-refractivity contribution is 0.581. The summed E-state index contributed by atoms with van der Waals surface area (Å²) in [6.07, 6.45) is 3.28. The Morgan fingerprint density at radius 3 is 2.65 bits per heavy atom. The van der Waals surface area contributed by atoms with Crippen molar-refractivity contribution in [1.29, 1.82) is 0 Å². The highest BCUT2D eigenvalue weighted by molar-refractivity contribution is 7.89. The van der Waals surface area contributed by atoms with E-state index in [4.69, 9.17) is 0 Å². The van der Waals surface area contributed by atoms with E-state index in [1.165, 1.54) is 12.4 Å². The van der Waals surface area contributed by atoms with Crippen LogP contribution >= 0.6 is 11.3 Å². The normalized spacial score (nSPS) is 11.4. The minimum Gasteiger partial charge on any atom is -0.355 e. The number of anilines is 1. The van der Waals surface area contributed by atoms with Gasteiger partial charge in [-0.1, -0.05) is 6.07 Å². The molecule has 0 unspecified atom stereocenters. The number of thiophene rings is 1. The highest BCUT2D eigenvalue weighted by atomic mass is 32.2. The Morgan fingerprint density at radius 1 is 1.30 bits per heavy atom. The average molecular weight is 312 g/mol. The maximum Gasteiger partial charge on any atom is 0.243 e. The van der Waals surface area contributed by atoms with E-state index in [1.807, 2.05) is 24.4 Å². The van der Waals surface area contributed by atoms with Gasteiger partial charge in [-0.3, -0.25) is 0 Å². The molecule has 108 valence electrons. The second-order valence-corrected chi connectivity index (χ2v) is 6.80. The number of hydrogen-bond donors (Lipinski definition) is 2. The van der Waals surface area contributed by atoms with Crippen LogP contribution in [0.15, 0.2) is 34.8 Å². The van der Waals surface area contributed by atoms with Crippen molar-refractivity contribution in [2.75, 3.05) is 18.4 Å². The highest BCUT2D eigenvalue weighted by Gasteiger charge is 2.14. The van der Waals surface area contributed by atoms with Gasteiger partial charge in [0.15, 0.2) is 0 Å². The van der Waals surface area contributed by atoms with E-state index >= 15 is 0 Å². The molecule has 0 bridgehead atoms. The summed E-state index contributed by atoms with van der Waals surface area (Å²) in [7, 11) is -3.54. The Hall–Kier alpha value is -1.51. The monoisotopic (exact) mass is 312 g/mol. The van der Waals surface area contributed by atoms with Crippen molar-refractivity contribution in [1.82, 2.24) is 14.7 Å². The SMILES string of the molecule is CCNc1ncc(S(=O)(=O)NCCc2cccs2)cn1. The molecule has 0 saturated carbocycles. The molecule has 2 aromatic heterocycles. The second kappa shape index (κ2) is 6.78. The molecule has 0 aliphatic carbocycles. The number of aromatic nitrogens is 2. The second-order valence-electron chi connectivity index (χ2n) is 4.00. The maximum atomic E-state index is 12.0. The zero-order valence-corrected chi connectivity index (χ0v) is 12.7. The zero-order valence-electron chi connectivity index (χ0n) is 11.0. The maximum absolute atomic E-state index is 12.0. The molecule has 0 aliphatic rings. The number of sulfonamides is 1. The van der Waals surface area contributed by atoms with E-state index in [0.717, 1.165) is 4.88 Å². The largest absolute Gasteiger partial charge is 0.355 e. The third-order valence-corrected chi connectivity index (χ3v) is 4.87. The molecule has 20 heavy (non-hydrogen) atoms. The smallest absolute Gasteiger partial charge is 0.243 e. The van der Waals surface area contributed by atoms with Crippen LogP contribution in [-0.4, -0.2) is 31.5 Å². The molecule has 2 heterocycles. The molecule has 0 atom stereocenters. The number of nitrogens with zero attached hydrogens (tertiary/aromatic N) is 2. The van der Waals surface area contributed by atoms with Crippen LogP contribution < -0.4 is 10.0 Å². The summed E-state index contributed by atoms with van der Waals surface area (Å²) in [5.74, 6) is 0.421. The van der Waals surface area contributed by atoms with E-state index in [9.17, 15) is 8.42 Å². The molecular formula is C12H16N4O2S2. The van der Waals surface area contributed by atoms with Crippen LogP contribution in [-0.2, 0) is 16.4 Å². The highest BCUT2D eigenvalue weighted by Crippen LogP contribution is 2.10. The van der Waals surface area contributed by atoms with Crippen molar-refractivity contribution in [3.63, 3.8) is 0 Å². The number of hydrogen-bond acceptors (Lipinski definition) is 6. The lowest BCUT2D eigenvalue weighted by atomic mass is 10.3. The van der Waals surface area contributed by atoms with Gasteiger partial charge in [0.05, 0.1) is 12.4 Å². The molecule has 0 aromatic carbocycles. The Bertz CT molecular complexity index is 624. The molecule has 2 rings (SSSR count). The molecule has 2 N–H and O–H groups in total. The number of rotatable bonds is 7. The van der Waals surface area contributed by atoms with Gasteiger partial charge in [-0.15, -0.1) is 11.3 Å². The standard InChI is InChI=1S/C12H16N4O2S2/c1-2-13-12-14-8-11(9-15-12)20(17,18)16-6-5-10-4-3-7-19-10/h3-4,7-9,16H,2,5-6H2,1H3,(H,13,14,15). The summed E-state index contributed by atoms with van der Waals surface area (Å²) in [5, 5.41) is 4.88. The van der Waals surface area contributed by atoms with Crippen LogP contribution in [0.3, 0.4) is 0 Å². The summed E-state index contributed by atoms with van der Waals surface area (Å²) in [4.78, 5) is 9.13. The van der Waals surface area contributed by atoms with Gasteiger partial charge in [0, 0.05) is 18.0 Å². The van der Waals surface area contributed by atoms with Gasteiger partial charge in [0.2, 0.25) is 16.0 Å². The predicted octanol–water partition coefficient (Wildman–Crippen LogP) is 1.49. The lowest BCUT2D eigenvalue weighted by Crippen LogP contribution is -2.26. The molecule has 0 fully saturated rings. The molecule has 2 aromatic rings. The first-order valence-electron chi connectivity index (χ1n) is 6.20. The molecule has 6 nitrogen and oxygen atoms in total. The summed E-state index contributed by atoms with van der Waals surface area (Å²) < 4.78 is 26.6. The fourth-order valence-electron chi connectivity index (χ4n) is 1.55. The Morgan fingerprint density at radius 2 is 2.05 bits per heavy atom. The van der Waals surface area contributed by atoms with E-state index in [1.54, 1.807) is 11.3 Å². The molecule has 0 spiro atoms. The first kappa shape index (κ1) is 14.9. The summed E-state index contributed by atoms with van der Waals surface area (Å²) in [5.41, 5.74) is 0. The fraction of sp³-hybridized carbons (Fsp3) is 0.333. The van der Waals surface area contributed by atoms with Crippen LogP contribution in [0.4, 0.5) is 5.95 Å². The third kappa shape index (κ3) is 3.99. The van der Waals surface area contributed by atoms with E-state index in [-0.39, 0.29) is 4.90 Å². The Kier molecular flexibility index (Phi) is 5.05. The van der Waals surface area contributed by atoms with Crippen LogP contribution in [0.5, 0.6) is 0 Å². The summed E-state index contributed by atoms with van der Waals surface area (Å²) in [6.45, 7) is 2.96. The van der Waals surface area contributed by atoms with Crippen LogP contribution in [0.1, 0.15) is 11.8 Å². The molecule has 0 radical (unpaired) electrons. The van der Waals surface area contributed by atoms with Crippen molar-refractivity contribution < 1.29 is 8.42 Å². The van der Waals surface area contributed by atoms with E-state index in [2.05, 4.69) is 20.0 Å². The topological polar surface area (TPSA) is 84.0 Å². The van der Waals surface area contributed by atoms with E-state index < -0.39 is 10.0 Å². The van der Waals surface area contributed by atoms with Crippen molar-refractivity contribution in [3.8, 4) is 0 Å². The van der Waals surface area contributed by atoms with Crippen molar-refractivity contribution in [2.24, 2.45) is 0 Å². The first-order chi connectivity index (χ1) is 9.62. The third-order valence-electron chi connectivity index (χ3n) is 2.52. The zero-order chi connectivity index (χ0) is 14.4. The first-order valence-corrected chi connectivity index (χ1v) is 8.56. The van der Waals surface area contributed by atoms with Crippen LogP contribution in [0, 0.1) is 0 Å². The van der Waals surface area contributed by atoms with Gasteiger partial charge >= 0.3 is 0 Å². The fourth-order valence-corrected chi connectivity index (χ4v) is 3.18. The summed E-state index contributed by atoms with van der Waals surface area (Å²) in [6, 6.07) is 3.93. The van der Waals surface area contributed by atoms with Crippen molar-refractivity contribution in [3.05, 3.63) is 34.8 Å². The molecule has 0 aliphatic heterocycles. The Labute approximate surface area is 122 Å². The van der Waals surface area contributed by atoms with Crippen molar-refractivity contribution >= 4 is 27.3 Å². The van der Waals surface area contributed by atoms with Gasteiger partial charge in [-0.25, -0.2) is 23.1 Å².